The molecule has 13 heavy (non-hydrogen) atoms. The van der Waals surface area contributed by atoms with Crippen molar-refractivity contribution in [3.63, 3.8) is 0 Å². The van der Waals surface area contributed by atoms with Crippen molar-refractivity contribution >= 4 is 0 Å². The fourth-order valence-corrected chi connectivity index (χ4v) is 1.68. The van der Waals surface area contributed by atoms with Gasteiger partial charge in [0, 0.05) is 30.8 Å². The van der Waals surface area contributed by atoms with E-state index >= 15 is 0 Å². The molecule has 2 rings (SSSR count). The zero-order valence-electron chi connectivity index (χ0n) is 8.14. The second-order valence-electron chi connectivity index (χ2n) is 3.77. The number of aromatic nitrogens is 2. The van der Waals surface area contributed by atoms with Crippen LogP contribution >= 0.6 is 0 Å². The van der Waals surface area contributed by atoms with Gasteiger partial charge in [0.25, 0.3) is 0 Å². The molecule has 1 aliphatic carbocycles. The first kappa shape index (κ1) is 8.75. The first-order chi connectivity index (χ1) is 6.40. The molecule has 0 spiro atoms. The standard InChI is InChI=1S/C10H17N3/c1-11-6-5-10-12-7-9(13-10)8-3-2-4-8/h7-8,11H,2-6H2,1H3,(H,12,13). The molecule has 0 aliphatic heterocycles. The summed E-state index contributed by atoms with van der Waals surface area (Å²) >= 11 is 0. The molecule has 0 amide bonds. The van der Waals surface area contributed by atoms with Gasteiger partial charge in [0.15, 0.2) is 0 Å². The van der Waals surface area contributed by atoms with E-state index in [0.29, 0.717) is 0 Å². The summed E-state index contributed by atoms with van der Waals surface area (Å²) in [5.41, 5.74) is 1.34. The molecule has 1 heterocycles. The molecule has 1 aromatic rings. The summed E-state index contributed by atoms with van der Waals surface area (Å²) in [7, 11) is 1.97. The Morgan fingerprint density at radius 3 is 3.08 bits per heavy atom. The van der Waals surface area contributed by atoms with Crippen LogP contribution in [0.4, 0.5) is 0 Å². The topological polar surface area (TPSA) is 40.7 Å². The van der Waals surface area contributed by atoms with E-state index in [1.807, 2.05) is 13.2 Å². The number of nitrogens with zero attached hydrogens (tertiary/aromatic N) is 1. The molecule has 0 saturated heterocycles. The quantitative estimate of drug-likeness (QED) is 0.734. The molecule has 1 aliphatic rings. The van der Waals surface area contributed by atoms with Gasteiger partial charge in [0.05, 0.1) is 0 Å². The first-order valence-electron chi connectivity index (χ1n) is 5.08. The number of rotatable bonds is 4. The molecule has 2 N–H and O–H groups in total. The second kappa shape index (κ2) is 3.92. The number of likely N-dealkylation sites (N-methyl/N-ethyl adjacent to an activating group) is 1. The van der Waals surface area contributed by atoms with Crippen LogP contribution < -0.4 is 5.32 Å². The maximum atomic E-state index is 4.36. The Bertz CT molecular complexity index is 263. The summed E-state index contributed by atoms with van der Waals surface area (Å²) in [4.78, 5) is 7.76. The average Bonchev–Trinajstić information content (AvgIpc) is 2.46. The van der Waals surface area contributed by atoms with E-state index in [4.69, 9.17) is 0 Å². The van der Waals surface area contributed by atoms with Gasteiger partial charge in [-0.05, 0) is 19.9 Å². The van der Waals surface area contributed by atoms with E-state index in [2.05, 4.69) is 15.3 Å². The summed E-state index contributed by atoms with van der Waals surface area (Å²) < 4.78 is 0. The summed E-state index contributed by atoms with van der Waals surface area (Å²) in [5.74, 6) is 1.90. The largest absolute Gasteiger partial charge is 0.346 e. The maximum Gasteiger partial charge on any atom is 0.107 e. The fraction of sp³-hybridized carbons (Fsp3) is 0.700. The third-order valence-corrected chi connectivity index (χ3v) is 2.80. The van der Waals surface area contributed by atoms with E-state index < -0.39 is 0 Å². The van der Waals surface area contributed by atoms with Crippen molar-refractivity contribution in [2.45, 2.75) is 31.6 Å². The molecule has 1 aromatic heterocycles. The molecule has 3 heteroatoms. The number of imidazole rings is 1. The number of hydrogen-bond donors (Lipinski definition) is 2. The van der Waals surface area contributed by atoms with Gasteiger partial charge in [0.2, 0.25) is 0 Å². The minimum absolute atomic E-state index is 0.774. The van der Waals surface area contributed by atoms with Gasteiger partial charge in [-0.1, -0.05) is 6.42 Å². The van der Waals surface area contributed by atoms with Crippen molar-refractivity contribution in [3.8, 4) is 0 Å². The van der Waals surface area contributed by atoms with Gasteiger partial charge in [0.1, 0.15) is 5.82 Å². The van der Waals surface area contributed by atoms with Gasteiger partial charge < -0.3 is 10.3 Å². The predicted molar refractivity (Wildman–Crippen MR) is 52.8 cm³/mol. The summed E-state index contributed by atoms with van der Waals surface area (Å²) in [6.07, 6.45) is 7.08. The van der Waals surface area contributed by atoms with Crippen LogP contribution in [0.2, 0.25) is 0 Å². The monoisotopic (exact) mass is 179 g/mol. The molecule has 72 valence electrons. The van der Waals surface area contributed by atoms with Gasteiger partial charge in [-0.2, -0.15) is 0 Å². The molecule has 0 radical (unpaired) electrons. The Morgan fingerprint density at radius 1 is 1.62 bits per heavy atom. The van der Waals surface area contributed by atoms with Crippen molar-refractivity contribution in [1.82, 2.24) is 15.3 Å². The summed E-state index contributed by atoms with van der Waals surface area (Å²) in [6.45, 7) is 0.998. The number of hydrogen-bond acceptors (Lipinski definition) is 2. The van der Waals surface area contributed by atoms with E-state index in [9.17, 15) is 0 Å². The second-order valence-corrected chi connectivity index (χ2v) is 3.77. The molecular formula is C10H17N3. The molecule has 1 saturated carbocycles. The van der Waals surface area contributed by atoms with Gasteiger partial charge >= 0.3 is 0 Å². The van der Waals surface area contributed by atoms with Crippen LogP contribution in [-0.4, -0.2) is 23.6 Å². The Balaban J connectivity index is 1.92. The van der Waals surface area contributed by atoms with E-state index in [1.54, 1.807) is 0 Å². The zero-order valence-corrected chi connectivity index (χ0v) is 8.14. The lowest BCUT2D eigenvalue weighted by Crippen LogP contribution is -2.12. The van der Waals surface area contributed by atoms with Gasteiger partial charge in [-0.3, -0.25) is 0 Å². The van der Waals surface area contributed by atoms with Crippen molar-refractivity contribution < 1.29 is 0 Å². The Hall–Kier alpha value is -0.830. The Kier molecular flexibility index (Phi) is 2.64. The van der Waals surface area contributed by atoms with Crippen molar-refractivity contribution in [2.24, 2.45) is 0 Å². The maximum absolute atomic E-state index is 4.36. The van der Waals surface area contributed by atoms with Crippen LogP contribution in [0, 0.1) is 0 Å². The van der Waals surface area contributed by atoms with Crippen molar-refractivity contribution in [1.29, 1.82) is 0 Å². The third kappa shape index (κ3) is 1.91. The van der Waals surface area contributed by atoms with Crippen LogP contribution in [0.5, 0.6) is 0 Å². The number of H-pyrrole nitrogens is 1. The smallest absolute Gasteiger partial charge is 0.107 e. The minimum atomic E-state index is 0.774. The van der Waals surface area contributed by atoms with Crippen LogP contribution in [0.25, 0.3) is 0 Å². The molecule has 0 atom stereocenters. The van der Waals surface area contributed by atoms with Crippen LogP contribution in [0.1, 0.15) is 36.7 Å². The highest BCUT2D eigenvalue weighted by atomic mass is 14.9. The van der Waals surface area contributed by atoms with Gasteiger partial charge in [-0.25, -0.2) is 4.98 Å². The molecule has 1 fully saturated rings. The molecular weight excluding hydrogens is 162 g/mol. The van der Waals surface area contributed by atoms with Crippen LogP contribution in [-0.2, 0) is 6.42 Å². The zero-order chi connectivity index (χ0) is 9.10. The van der Waals surface area contributed by atoms with Crippen molar-refractivity contribution in [2.75, 3.05) is 13.6 Å². The normalized spacial score (nSPS) is 17.3. The van der Waals surface area contributed by atoms with Crippen molar-refractivity contribution in [3.05, 3.63) is 17.7 Å². The van der Waals surface area contributed by atoms with E-state index in [0.717, 1.165) is 24.7 Å². The lowest BCUT2D eigenvalue weighted by atomic mass is 9.83. The summed E-state index contributed by atoms with van der Waals surface area (Å²) in [6, 6.07) is 0. The predicted octanol–water partition coefficient (Wildman–Crippen LogP) is 1.44. The Labute approximate surface area is 79.0 Å². The molecule has 3 nitrogen and oxygen atoms in total. The van der Waals surface area contributed by atoms with E-state index in [1.165, 1.54) is 25.0 Å². The van der Waals surface area contributed by atoms with Gasteiger partial charge in [-0.15, -0.1) is 0 Å². The molecule has 0 aromatic carbocycles. The SMILES string of the molecule is CNCCc1ncc(C2CCC2)[nH]1. The minimum Gasteiger partial charge on any atom is -0.346 e. The Morgan fingerprint density at radius 2 is 2.46 bits per heavy atom. The number of aromatic amines is 1. The molecule has 0 unspecified atom stereocenters. The van der Waals surface area contributed by atoms with Crippen LogP contribution in [0.15, 0.2) is 6.20 Å². The highest BCUT2D eigenvalue weighted by molar-refractivity contribution is 5.10. The van der Waals surface area contributed by atoms with E-state index in [-0.39, 0.29) is 0 Å². The highest BCUT2D eigenvalue weighted by Crippen LogP contribution is 2.35. The fourth-order valence-electron chi connectivity index (χ4n) is 1.68. The number of nitrogens with one attached hydrogen (secondary N) is 2. The highest BCUT2D eigenvalue weighted by Gasteiger charge is 2.20. The van der Waals surface area contributed by atoms with Crippen LogP contribution in [0.3, 0.4) is 0 Å². The first-order valence-corrected chi connectivity index (χ1v) is 5.08. The average molecular weight is 179 g/mol. The lowest BCUT2D eigenvalue weighted by molar-refractivity contribution is 0.412. The third-order valence-electron chi connectivity index (χ3n) is 2.80. The summed E-state index contributed by atoms with van der Waals surface area (Å²) in [5, 5.41) is 3.12. The molecule has 0 bridgehead atoms. The lowest BCUT2D eigenvalue weighted by Gasteiger charge is -2.23.